The van der Waals surface area contributed by atoms with Gasteiger partial charge in [-0.3, -0.25) is 48.9 Å². The zero-order chi connectivity index (χ0) is 74.0. The van der Waals surface area contributed by atoms with Crippen LogP contribution < -0.4 is 0 Å². The number of aromatic nitrogens is 5. The lowest BCUT2D eigenvalue weighted by Crippen LogP contribution is -2.09. The van der Waals surface area contributed by atoms with E-state index in [4.69, 9.17) is 4.99 Å². The summed E-state index contributed by atoms with van der Waals surface area (Å²) in [5, 5.41) is 2.35. The summed E-state index contributed by atoms with van der Waals surface area (Å²) in [6.45, 7) is 31.8. The van der Waals surface area contributed by atoms with E-state index in [1.54, 1.807) is 30.3 Å². The van der Waals surface area contributed by atoms with E-state index in [0.717, 1.165) is 158 Å². The molecule has 0 N–H and O–H groups in total. The van der Waals surface area contributed by atoms with Gasteiger partial charge in [0, 0.05) is 58.3 Å². The molecule has 0 aliphatic heterocycles. The molecule has 2 aromatic carbocycles. The summed E-state index contributed by atoms with van der Waals surface area (Å²) in [6, 6.07) is 42.3. The fourth-order valence-corrected chi connectivity index (χ4v) is 10.2. The number of Topliss-reactive ketones (excluding diaryl/α,β-unsaturated/α-hetero) is 5. The number of aliphatic imine (C=N–C) groups is 5. The van der Waals surface area contributed by atoms with Crippen molar-refractivity contribution in [2.45, 2.75) is 245 Å². The second-order valence-corrected chi connectivity index (χ2v) is 24.8. The predicted octanol–water partition coefficient (Wildman–Crippen LogP) is 22.0. The van der Waals surface area contributed by atoms with Gasteiger partial charge in [-0.2, -0.15) is 0 Å². The van der Waals surface area contributed by atoms with Crippen molar-refractivity contribution in [2.24, 2.45) is 25.0 Å². The van der Waals surface area contributed by atoms with Crippen LogP contribution in [0.5, 0.6) is 0 Å². The Kier molecular flexibility index (Phi) is 44.6. The number of carbonyl (C=O) groups is 5. The number of fused-ring (bicyclic) bond motifs is 1. The predicted molar refractivity (Wildman–Crippen MR) is 424 cm³/mol. The minimum atomic E-state index is 0.0811. The van der Waals surface area contributed by atoms with Crippen molar-refractivity contribution in [2.75, 3.05) is 26.2 Å². The molecule has 15 nitrogen and oxygen atoms in total. The van der Waals surface area contributed by atoms with Crippen molar-refractivity contribution in [1.82, 2.24) is 24.9 Å². The van der Waals surface area contributed by atoms with Gasteiger partial charge in [-0.15, -0.1) is 0 Å². The molecule has 7 aromatic rings. The van der Waals surface area contributed by atoms with Gasteiger partial charge in [0.05, 0.1) is 62.7 Å². The fraction of sp³-hybridized carbons (Fsp3) is 0.477. The van der Waals surface area contributed by atoms with Crippen molar-refractivity contribution in [3.8, 4) is 0 Å². The van der Waals surface area contributed by atoms with Gasteiger partial charge >= 0.3 is 0 Å². The molecule has 15 heteroatoms. The molecular weight excluding hydrogens is 1250 g/mol. The van der Waals surface area contributed by atoms with Gasteiger partial charge in [-0.05, 0) is 156 Å². The lowest BCUT2D eigenvalue weighted by Gasteiger charge is -2.07. The highest BCUT2D eigenvalue weighted by Crippen LogP contribution is 2.22. The molecule has 0 fully saturated rings. The summed E-state index contributed by atoms with van der Waals surface area (Å²) in [4.78, 5) is 104. The Morgan fingerprint density at radius 1 is 0.277 bits per heavy atom. The Bertz CT molecular complexity index is 3790. The molecule has 0 atom stereocenters. The number of pyridine rings is 5. The summed E-state index contributed by atoms with van der Waals surface area (Å²) >= 11 is 0. The zero-order valence-electron chi connectivity index (χ0n) is 63.8. The van der Waals surface area contributed by atoms with E-state index >= 15 is 0 Å². The summed E-state index contributed by atoms with van der Waals surface area (Å²) in [6.07, 6.45) is 22.6. The second kappa shape index (κ2) is 52.2. The number of nitrogens with zero attached hydrogens (tertiary/aromatic N) is 10. The molecule has 0 aliphatic rings. The van der Waals surface area contributed by atoms with E-state index < -0.39 is 0 Å². The van der Waals surface area contributed by atoms with Crippen molar-refractivity contribution in [3.63, 3.8) is 0 Å². The van der Waals surface area contributed by atoms with Crippen LogP contribution in [0.25, 0.3) is 10.8 Å². The number of carbonyl (C=O) groups excluding carboxylic acids is 5. The maximum absolute atomic E-state index is 12.0. The van der Waals surface area contributed by atoms with E-state index in [9.17, 15) is 24.0 Å². The topological polar surface area (TPSA) is 212 Å². The van der Waals surface area contributed by atoms with Crippen molar-refractivity contribution < 1.29 is 24.0 Å². The van der Waals surface area contributed by atoms with Crippen LogP contribution in [0, 0.1) is 0 Å². The van der Waals surface area contributed by atoms with E-state index in [2.05, 4.69) is 111 Å². The van der Waals surface area contributed by atoms with Crippen molar-refractivity contribution in [1.29, 1.82) is 0 Å². The largest absolute Gasteiger partial charge is 0.292 e. The lowest BCUT2D eigenvalue weighted by atomic mass is 10.1. The van der Waals surface area contributed by atoms with Crippen LogP contribution in [0.15, 0.2) is 158 Å². The van der Waals surface area contributed by atoms with Crippen molar-refractivity contribution >= 4 is 73.9 Å². The van der Waals surface area contributed by atoms with Gasteiger partial charge in [0.2, 0.25) is 0 Å². The first-order chi connectivity index (χ1) is 49.0. The van der Waals surface area contributed by atoms with Crippen LogP contribution in [-0.2, 0) is 0 Å². The average Bonchev–Trinajstić information content (AvgIpc) is 0.857. The maximum atomic E-state index is 12.0. The molecule has 0 unspecified atom stereocenters. The number of ketones is 5. The number of hydrogen-bond acceptors (Lipinski definition) is 15. The molecule has 542 valence electrons. The molecule has 0 aliphatic carbocycles. The Labute approximate surface area is 605 Å². The van der Waals surface area contributed by atoms with Crippen LogP contribution in [0.4, 0.5) is 5.69 Å². The molecule has 5 heterocycles. The third-order valence-electron chi connectivity index (χ3n) is 16.2. The minimum absolute atomic E-state index is 0.0811. The molecule has 5 aromatic heterocycles. The normalized spacial score (nSPS) is 11.6. The molecule has 0 bridgehead atoms. The lowest BCUT2D eigenvalue weighted by molar-refractivity contribution is 0.0969. The third-order valence-corrected chi connectivity index (χ3v) is 16.2. The van der Waals surface area contributed by atoms with Crippen LogP contribution >= 0.6 is 0 Å². The zero-order valence-corrected chi connectivity index (χ0v) is 63.8. The van der Waals surface area contributed by atoms with Gasteiger partial charge in [-0.25, -0.2) is 24.9 Å². The summed E-state index contributed by atoms with van der Waals surface area (Å²) < 4.78 is 0. The van der Waals surface area contributed by atoms with E-state index in [1.165, 1.54) is 56.8 Å². The fourth-order valence-electron chi connectivity index (χ4n) is 10.2. The molecule has 0 saturated heterocycles. The average molecular weight is 1370 g/mol. The number of benzene rings is 2. The highest BCUT2D eigenvalue weighted by Gasteiger charge is 2.14. The Morgan fingerprint density at radius 2 is 0.614 bits per heavy atom. The quantitative estimate of drug-likeness (QED) is 0.0203. The van der Waals surface area contributed by atoms with Gasteiger partial charge in [0.15, 0.2) is 28.9 Å². The van der Waals surface area contributed by atoms with Crippen LogP contribution in [0.2, 0.25) is 0 Å². The molecule has 0 radical (unpaired) electrons. The van der Waals surface area contributed by atoms with E-state index in [1.807, 2.05) is 134 Å². The first-order valence-electron chi connectivity index (χ1n) is 37.7. The minimum Gasteiger partial charge on any atom is -0.292 e. The van der Waals surface area contributed by atoms with Crippen molar-refractivity contribution in [3.05, 3.63) is 190 Å². The Balaban J connectivity index is 0.000000330. The number of hydrogen-bond donors (Lipinski definition) is 0. The Hall–Kier alpha value is -8.85. The third kappa shape index (κ3) is 33.5. The van der Waals surface area contributed by atoms with Crippen LogP contribution in [-0.4, -0.2) is 109 Å². The highest BCUT2D eigenvalue weighted by atomic mass is 16.1. The second-order valence-electron chi connectivity index (χ2n) is 24.8. The summed E-state index contributed by atoms with van der Waals surface area (Å²) in [5.41, 5.74) is 12.4. The summed E-state index contributed by atoms with van der Waals surface area (Å²) in [5.74, 6) is 0.454. The SMILES string of the molecule is CCCC(=O)c1cccc(C(C)=Nc2ccc3ccccc3c2)n1.CCCCCCN=C(C)c1cccc(C(=O)CC)n1.CCCCCCN=C(CCC)c1cccc(C(=O)CC)n1.CCCCCN=C(C)c1cccc(C(=O)CCC)n1.CCCCN=C(CC)c1cccc(C(=O)CC)n1. The molecule has 0 spiro atoms. The molecular formula is C86H118N10O5. The maximum Gasteiger partial charge on any atom is 0.181 e. The first-order valence-corrected chi connectivity index (χ1v) is 37.7. The molecule has 7 rings (SSSR count). The van der Waals surface area contributed by atoms with E-state index in [-0.39, 0.29) is 28.9 Å². The van der Waals surface area contributed by atoms with Crippen LogP contribution in [0.1, 0.15) is 326 Å². The molecule has 0 amide bonds. The van der Waals surface area contributed by atoms with E-state index in [0.29, 0.717) is 60.6 Å². The number of unbranched alkanes of at least 4 members (excludes halogenated alkanes) is 9. The van der Waals surface area contributed by atoms with Crippen LogP contribution in [0.3, 0.4) is 0 Å². The highest BCUT2D eigenvalue weighted by molar-refractivity contribution is 6.04. The van der Waals surface area contributed by atoms with Gasteiger partial charge in [0.1, 0.15) is 28.5 Å². The smallest absolute Gasteiger partial charge is 0.181 e. The van der Waals surface area contributed by atoms with Gasteiger partial charge in [0.25, 0.3) is 0 Å². The standard InChI is InChI=1S/C21H20N2O.C18H28N2O.2C16H24N2O.C15H22N2O/c1-3-7-21(24)20-11-6-10-19(23-20)15(2)22-18-13-12-16-8-4-5-9-17(16)14-18;1-4-7-8-9-14-19-15(11-5-2)16-12-10-13-17(20-16)18(21)6-3;1-4-6-7-12-17-13(3)14-10-8-11-15(18-14)16(19)9-5-2;1-4-6-7-8-12-17-13(3)14-10-9-11-15(18-14)16(19)5-2;1-4-7-11-16-12(5-2)13-9-8-10-14(17-13)15(18)6-3/h4-6,8-14H,3,7H2,1-2H3;10,12-13H,4-9,11,14H2,1-3H3;8,10-11H,4-7,9,12H2,1-3H3;9-11H,4-8,12H2,1-3H3;8-10H,4-7,11H2,1-3H3. The van der Waals surface area contributed by atoms with Gasteiger partial charge < -0.3 is 0 Å². The molecule has 101 heavy (non-hydrogen) atoms. The first kappa shape index (κ1) is 86.4. The molecule has 0 saturated carbocycles. The Morgan fingerprint density at radius 3 is 1.03 bits per heavy atom. The van der Waals surface area contributed by atoms with Gasteiger partial charge in [-0.1, -0.05) is 201 Å². The summed E-state index contributed by atoms with van der Waals surface area (Å²) in [7, 11) is 0. The number of rotatable bonds is 38. The monoisotopic (exact) mass is 1370 g/mol.